The molecule has 1 aliphatic carbocycles. The molecule has 0 spiro atoms. The quantitative estimate of drug-likeness (QED) is 0.916. The summed E-state index contributed by atoms with van der Waals surface area (Å²) in [4.78, 5) is 9.34. The van der Waals surface area contributed by atoms with E-state index >= 15 is 0 Å². The van der Waals surface area contributed by atoms with Crippen molar-refractivity contribution in [3.63, 3.8) is 0 Å². The molecule has 0 aliphatic heterocycles. The van der Waals surface area contributed by atoms with E-state index < -0.39 is 0 Å². The zero-order valence-corrected chi connectivity index (χ0v) is 11.8. The van der Waals surface area contributed by atoms with E-state index in [1.807, 2.05) is 6.92 Å². The Balaban J connectivity index is 2.09. The zero-order chi connectivity index (χ0) is 14.1. The minimum Gasteiger partial charge on any atom is -0.370 e. The highest BCUT2D eigenvalue weighted by Crippen LogP contribution is 2.40. The van der Waals surface area contributed by atoms with Gasteiger partial charge in [-0.1, -0.05) is 0 Å². The van der Waals surface area contributed by atoms with Crippen LogP contribution in [0.4, 0.5) is 10.2 Å². The number of anilines is 1. The Morgan fingerprint density at radius 3 is 2.50 bits per heavy atom. The van der Waals surface area contributed by atoms with Crippen molar-refractivity contribution < 1.29 is 4.39 Å². The molecule has 20 heavy (non-hydrogen) atoms. The average Bonchev–Trinajstić information content (AvgIpc) is 3.27. The maximum Gasteiger partial charge on any atom is 0.134 e. The number of hydrogen-bond acceptors (Lipinski definition) is 3. The first kappa shape index (κ1) is 13.0. The molecule has 1 saturated carbocycles. The summed E-state index contributed by atoms with van der Waals surface area (Å²) in [7, 11) is 0. The standard InChI is InChI=1S/C16H18FN3/c1-3-18-15-10(2)14(11-6-8-13(17)9-7-11)19-16(20-15)12-4-5-12/h6-9,12H,3-5H2,1-2H3,(H,18,19,20). The summed E-state index contributed by atoms with van der Waals surface area (Å²) in [6.45, 7) is 4.88. The number of nitrogens with one attached hydrogen (secondary N) is 1. The molecule has 0 atom stereocenters. The van der Waals surface area contributed by atoms with Gasteiger partial charge in [0.1, 0.15) is 17.5 Å². The first-order valence-corrected chi connectivity index (χ1v) is 7.07. The van der Waals surface area contributed by atoms with Crippen molar-refractivity contribution in [1.29, 1.82) is 0 Å². The molecule has 1 aliphatic rings. The van der Waals surface area contributed by atoms with E-state index in [2.05, 4.69) is 17.2 Å². The van der Waals surface area contributed by atoms with Crippen molar-refractivity contribution in [2.45, 2.75) is 32.6 Å². The lowest BCUT2D eigenvalue weighted by atomic mass is 10.1. The molecule has 0 unspecified atom stereocenters. The summed E-state index contributed by atoms with van der Waals surface area (Å²) in [5.41, 5.74) is 2.85. The molecule has 0 bridgehead atoms. The van der Waals surface area contributed by atoms with Gasteiger partial charge in [-0.05, 0) is 51.0 Å². The minimum absolute atomic E-state index is 0.227. The number of hydrogen-bond donors (Lipinski definition) is 1. The van der Waals surface area contributed by atoms with Gasteiger partial charge >= 0.3 is 0 Å². The van der Waals surface area contributed by atoms with Gasteiger partial charge < -0.3 is 5.32 Å². The van der Waals surface area contributed by atoms with Gasteiger partial charge in [0, 0.05) is 23.6 Å². The summed E-state index contributed by atoms with van der Waals surface area (Å²) in [6, 6.07) is 6.50. The zero-order valence-electron chi connectivity index (χ0n) is 11.8. The van der Waals surface area contributed by atoms with Crippen molar-refractivity contribution in [3.05, 3.63) is 41.5 Å². The molecule has 3 nitrogen and oxygen atoms in total. The van der Waals surface area contributed by atoms with Gasteiger partial charge in [0.2, 0.25) is 0 Å². The first-order valence-electron chi connectivity index (χ1n) is 7.07. The van der Waals surface area contributed by atoms with E-state index in [1.165, 1.54) is 12.1 Å². The number of aromatic nitrogens is 2. The second-order valence-electron chi connectivity index (χ2n) is 5.22. The Morgan fingerprint density at radius 2 is 1.90 bits per heavy atom. The summed E-state index contributed by atoms with van der Waals surface area (Å²) in [6.07, 6.45) is 2.33. The molecule has 2 aromatic rings. The summed E-state index contributed by atoms with van der Waals surface area (Å²) < 4.78 is 13.1. The molecule has 0 amide bonds. The molecular weight excluding hydrogens is 253 g/mol. The Kier molecular flexibility index (Phi) is 3.38. The molecule has 1 aromatic carbocycles. The van der Waals surface area contributed by atoms with Crippen molar-refractivity contribution in [2.75, 3.05) is 11.9 Å². The fraction of sp³-hybridized carbons (Fsp3) is 0.375. The molecule has 1 heterocycles. The highest BCUT2D eigenvalue weighted by molar-refractivity contribution is 5.68. The number of halogens is 1. The molecule has 0 saturated heterocycles. The third-order valence-corrected chi connectivity index (χ3v) is 3.57. The van der Waals surface area contributed by atoms with Gasteiger partial charge in [0.25, 0.3) is 0 Å². The van der Waals surface area contributed by atoms with E-state index in [0.717, 1.165) is 47.8 Å². The molecule has 1 fully saturated rings. The van der Waals surface area contributed by atoms with Crippen molar-refractivity contribution >= 4 is 5.82 Å². The van der Waals surface area contributed by atoms with Crippen LogP contribution in [0, 0.1) is 12.7 Å². The van der Waals surface area contributed by atoms with Crippen molar-refractivity contribution in [1.82, 2.24) is 9.97 Å². The Morgan fingerprint density at radius 1 is 1.20 bits per heavy atom. The van der Waals surface area contributed by atoms with E-state index in [9.17, 15) is 4.39 Å². The Labute approximate surface area is 118 Å². The number of nitrogens with zero attached hydrogens (tertiary/aromatic N) is 2. The monoisotopic (exact) mass is 271 g/mol. The molecule has 3 rings (SSSR count). The highest BCUT2D eigenvalue weighted by Gasteiger charge is 2.28. The van der Waals surface area contributed by atoms with Crippen molar-refractivity contribution in [3.8, 4) is 11.3 Å². The Hall–Kier alpha value is -1.97. The highest BCUT2D eigenvalue weighted by atomic mass is 19.1. The predicted octanol–water partition coefficient (Wildman–Crippen LogP) is 3.90. The maximum absolute atomic E-state index is 13.1. The summed E-state index contributed by atoms with van der Waals surface area (Å²) >= 11 is 0. The average molecular weight is 271 g/mol. The Bertz CT molecular complexity index is 618. The SMILES string of the molecule is CCNc1nc(C2CC2)nc(-c2ccc(F)cc2)c1C. The fourth-order valence-corrected chi connectivity index (χ4v) is 2.29. The van der Waals surface area contributed by atoms with Crippen LogP contribution in [-0.4, -0.2) is 16.5 Å². The molecule has 1 aromatic heterocycles. The van der Waals surface area contributed by atoms with E-state index in [-0.39, 0.29) is 5.82 Å². The number of benzene rings is 1. The normalized spacial score (nSPS) is 14.3. The maximum atomic E-state index is 13.1. The van der Waals surface area contributed by atoms with Crippen LogP contribution in [0.5, 0.6) is 0 Å². The molecule has 1 N–H and O–H groups in total. The van der Waals surface area contributed by atoms with Crippen LogP contribution in [0.25, 0.3) is 11.3 Å². The van der Waals surface area contributed by atoms with E-state index in [0.29, 0.717) is 5.92 Å². The lowest BCUT2D eigenvalue weighted by molar-refractivity contribution is 0.628. The number of rotatable bonds is 4. The summed E-state index contributed by atoms with van der Waals surface area (Å²) in [5.74, 6) is 2.07. The summed E-state index contributed by atoms with van der Waals surface area (Å²) in [5, 5.41) is 3.30. The third kappa shape index (κ3) is 2.50. The van der Waals surface area contributed by atoms with Crippen LogP contribution in [0.3, 0.4) is 0 Å². The fourth-order valence-electron chi connectivity index (χ4n) is 2.29. The van der Waals surface area contributed by atoms with Gasteiger partial charge in [-0.2, -0.15) is 0 Å². The molecule has 104 valence electrons. The smallest absolute Gasteiger partial charge is 0.134 e. The van der Waals surface area contributed by atoms with Crippen LogP contribution in [0.15, 0.2) is 24.3 Å². The molecular formula is C16H18FN3. The largest absolute Gasteiger partial charge is 0.370 e. The van der Waals surface area contributed by atoms with Crippen LogP contribution in [0.1, 0.15) is 37.1 Å². The van der Waals surface area contributed by atoms with Crippen molar-refractivity contribution in [2.24, 2.45) is 0 Å². The molecule has 4 heteroatoms. The molecule has 0 radical (unpaired) electrons. The van der Waals surface area contributed by atoms with Gasteiger partial charge in [-0.3, -0.25) is 0 Å². The lowest BCUT2D eigenvalue weighted by Gasteiger charge is -2.13. The predicted molar refractivity (Wildman–Crippen MR) is 78.3 cm³/mol. The van der Waals surface area contributed by atoms with Crippen LogP contribution < -0.4 is 5.32 Å². The van der Waals surface area contributed by atoms with Crippen LogP contribution >= 0.6 is 0 Å². The minimum atomic E-state index is -0.227. The van der Waals surface area contributed by atoms with Crippen LogP contribution in [-0.2, 0) is 0 Å². The van der Waals surface area contributed by atoms with Gasteiger partial charge in [-0.25, -0.2) is 14.4 Å². The second kappa shape index (κ2) is 5.19. The lowest BCUT2D eigenvalue weighted by Crippen LogP contribution is -2.07. The van der Waals surface area contributed by atoms with Gasteiger partial charge in [-0.15, -0.1) is 0 Å². The van der Waals surface area contributed by atoms with E-state index in [4.69, 9.17) is 4.98 Å². The van der Waals surface area contributed by atoms with Gasteiger partial charge in [0.15, 0.2) is 0 Å². The third-order valence-electron chi connectivity index (χ3n) is 3.57. The topological polar surface area (TPSA) is 37.8 Å². The van der Waals surface area contributed by atoms with Gasteiger partial charge in [0.05, 0.1) is 5.69 Å². The first-order chi connectivity index (χ1) is 9.69. The van der Waals surface area contributed by atoms with Crippen LogP contribution in [0.2, 0.25) is 0 Å². The second-order valence-corrected chi connectivity index (χ2v) is 5.22. The van der Waals surface area contributed by atoms with E-state index in [1.54, 1.807) is 12.1 Å².